The van der Waals surface area contributed by atoms with Crippen molar-refractivity contribution in [3.8, 4) is 0 Å². The van der Waals surface area contributed by atoms with Crippen LogP contribution in [0.3, 0.4) is 0 Å². The fraction of sp³-hybridized carbons (Fsp3) is 0.300. The number of anilines is 2. The first-order chi connectivity index (χ1) is 12.9. The van der Waals surface area contributed by atoms with Crippen LogP contribution in [0.1, 0.15) is 39.5 Å². The van der Waals surface area contributed by atoms with E-state index < -0.39 is 0 Å². The summed E-state index contributed by atoms with van der Waals surface area (Å²) in [4.78, 5) is 27.5. The lowest BCUT2D eigenvalue weighted by Crippen LogP contribution is -2.11. The van der Waals surface area contributed by atoms with Crippen LogP contribution in [0.2, 0.25) is 10.0 Å². The van der Waals surface area contributed by atoms with Gasteiger partial charge in [-0.15, -0.1) is 0 Å². The van der Waals surface area contributed by atoms with Crippen LogP contribution in [0.4, 0.5) is 11.4 Å². The molecule has 0 unspecified atom stereocenters. The van der Waals surface area contributed by atoms with Gasteiger partial charge in [0.25, 0.3) is 0 Å². The highest BCUT2D eigenvalue weighted by atomic mass is 35.5. The Hall–Kier alpha value is -2.24. The predicted octanol–water partition coefficient (Wildman–Crippen LogP) is 6.11. The van der Waals surface area contributed by atoms with E-state index in [1.807, 2.05) is 26.0 Å². The van der Waals surface area contributed by atoms with Crippen molar-refractivity contribution >= 4 is 68.2 Å². The Labute approximate surface area is 167 Å². The topological polar surface area (TPSA) is 74.0 Å². The molecule has 3 rings (SSSR count). The highest BCUT2D eigenvalue weighted by molar-refractivity contribution is 6.34. The summed E-state index contributed by atoms with van der Waals surface area (Å²) in [7, 11) is 0. The van der Waals surface area contributed by atoms with E-state index in [0.717, 1.165) is 34.6 Å². The Morgan fingerprint density at radius 3 is 1.59 bits per heavy atom. The second kappa shape index (κ2) is 8.19. The standard InChI is InChI=1S/C20H21Cl2N3O2/c1-3-5-17(26)23-15-9-11(21)7-13-14-8-12(22)10-16(20(14)25-19(13)15)24-18(27)6-4-2/h7-10,25H,3-6H2,1-2H3,(H,23,26)(H,24,27). The molecule has 3 N–H and O–H groups in total. The fourth-order valence-electron chi connectivity index (χ4n) is 3.11. The molecule has 27 heavy (non-hydrogen) atoms. The first kappa shape index (κ1) is 19.5. The smallest absolute Gasteiger partial charge is 0.224 e. The fourth-order valence-corrected chi connectivity index (χ4v) is 3.55. The lowest BCUT2D eigenvalue weighted by molar-refractivity contribution is -0.117. The summed E-state index contributed by atoms with van der Waals surface area (Å²) in [5, 5.41) is 8.49. The number of H-pyrrole nitrogens is 1. The van der Waals surface area contributed by atoms with Gasteiger partial charge in [-0.2, -0.15) is 0 Å². The average Bonchev–Trinajstić information content (AvgIpc) is 2.94. The van der Waals surface area contributed by atoms with Crippen LogP contribution in [0.5, 0.6) is 0 Å². The molecule has 0 aliphatic heterocycles. The van der Waals surface area contributed by atoms with E-state index in [0.29, 0.717) is 34.3 Å². The Kier molecular flexibility index (Phi) is 5.92. The summed E-state index contributed by atoms with van der Waals surface area (Å²) in [6.45, 7) is 3.90. The molecule has 0 fully saturated rings. The van der Waals surface area contributed by atoms with Crippen molar-refractivity contribution < 1.29 is 9.59 Å². The van der Waals surface area contributed by atoms with Gasteiger partial charge in [0, 0.05) is 33.7 Å². The number of hydrogen-bond acceptors (Lipinski definition) is 2. The van der Waals surface area contributed by atoms with E-state index >= 15 is 0 Å². The number of aromatic nitrogens is 1. The molecule has 0 saturated carbocycles. The third kappa shape index (κ3) is 4.20. The Bertz CT molecular complexity index is 947. The predicted molar refractivity (Wildman–Crippen MR) is 113 cm³/mol. The quantitative estimate of drug-likeness (QED) is 0.462. The lowest BCUT2D eigenvalue weighted by Gasteiger charge is -2.06. The van der Waals surface area contributed by atoms with Crippen molar-refractivity contribution in [2.24, 2.45) is 0 Å². The van der Waals surface area contributed by atoms with E-state index in [2.05, 4.69) is 15.6 Å². The second-order valence-electron chi connectivity index (χ2n) is 6.47. The van der Waals surface area contributed by atoms with E-state index in [9.17, 15) is 9.59 Å². The highest BCUT2D eigenvalue weighted by Crippen LogP contribution is 2.38. The van der Waals surface area contributed by atoms with Gasteiger partial charge in [0.15, 0.2) is 0 Å². The van der Waals surface area contributed by atoms with Crippen LogP contribution in [0.15, 0.2) is 24.3 Å². The Morgan fingerprint density at radius 2 is 1.22 bits per heavy atom. The number of carbonyl (C=O) groups is 2. The van der Waals surface area contributed by atoms with Crippen molar-refractivity contribution in [1.82, 2.24) is 4.98 Å². The molecule has 7 heteroatoms. The molecule has 0 saturated heterocycles. The van der Waals surface area contributed by atoms with Crippen LogP contribution in [0, 0.1) is 0 Å². The lowest BCUT2D eigenvalue weighted by atomic mass is 10.1. The summed E-state index contributed by atoms with van der Waals surface area (Å²) >= 11 is 12.6. The van der Waals surface area contributed by atoms with Gasteiger partial charge >= 0.3 is 0 Å². The van der Waals surface area contributed by atoms with Crippen LogP contribution < -0.4 is 10.6 Å². The minimum Gasteiger partial charge on any atom is -0.351 e. The second-order valence-corrected chi connectivity index (χ2v) is 7.35. The monoisotopic (exact) mass is 405 g/mol. The first-order valence-corrected chi connectivity index (χ1v) is 9.72. The Balaban J connectivity index is 2.17. The zero-order valence-electron chi connectivity index (χ0n) is 15.2. The molecular formula is C20H21Cl2N3O2. The Morgan fingerprint density at radius 1 is 0.815 bits per heavy atom. The molecule has 5 nitrogen and oxygen atoms in total. The van der Waals surface area contributed by atoms with E-state index in [1.54, 1.807) is 12.1 Å². The van der Waals surface area contributed by atoms with Crippen molar-refractivity contribution in [2.45, 2.75) is 39.5 Å². The van der Waals surface area contributed by atoms with Gasteiger partial charge in [0.1, 0.15) is 0 Å². The number of carbonyl (C=O) groups excluding carboxylic acids is 2. The van der Waals surface area contributed by atoms with Crippen LogP contribution in [-0.4, -0.2) is 16.8 Å². The maximum absolute atomic E-state index is 12.1. The highest BCUT2D eigenvalue weighted by Gasteiger charge is 2.16. The minimum absolute atomic E-state index is 0.0748. The van der Waals surface area contributed by atoms with Gasteiger partial charge < -0.3 is 15.6 Å². The SMILES string of the molecule is CCCC(=O)Nc1cc(Cl)cc2c1[nH]c1c(NC(=O)CCC)cc(Cl)cc12. The molecule has 142 valence electrons. The summed E-state index contributed by atoms with van der Waals surface area (Å²) in [6.07, 6.45) is 2.37. The van der Waals surface area contributed by atoms with Gasteiger partial charge in [-0.25, -0.2) is 0 Å². The van der Waals surface area contributed by atoms with E-state index in [1.165, 1.54) is 0 Å². The molecule has 1 heterocycles. The zero-order chi connectivity index (χ0) is 19.6. The normalized spacial score (nSPS) is 11.1. The average molecular weight is 406 g/mol. The zero-order valence-corrected chi connectivity index (χ0v) is 16.7. The van der Waals surface area contributed by atoms with Gasteiger partial charge in [-0.3, -0.25) is 9.59 Å². The number of halogens is 2. The number of amides is 2. The summed E-state index contributed by atoms with van der Waals surface area (Å²) in [6, 6.07) is 7.06. The van der Waals surface area contributed by atoms with Gasteiger partial charge in [-0.05, 0) is 37.1 Å². The van der Waals surface area contributed by atoms with Crippen molar-refractivity contribution in [1.29, 1.82) is 0 Å². The van der Waals surface area contributed by atoms with Crippen LogP contribution >= 0.6 is 23.2 Å². The maximum atomic E-state index is 12.1. The summed E-state index contributed by atoms with van der Waals surface area (Å²) in [5.41, 5.74) is 2.70. The van der Waals surface area contributed by atoms with E-state index in [-0.39, 0.29) is 11.8 Å². The van der Waals surface area contributed by atoms with Crippen molar-refractivity contribution in [2.75, 3.05) is 10.6 Å². The van der Waals surface area contributed by atoms with Gasteiger partial charge in [0.2, 0.25) is 11.8 Å². The van der Waals surface area contributed by atoms with Crippen molar-refractivity contribution in [3.63, 3.8) is 0 Å². The molecule has 0 aliphatic rings. The third-order valence-corrected chi connectivity index (χ3v) is 4.69. The molecule has 2 amide bonds. The number of fused-ring (bicyclic) bond motifs is 3. The van der Waals surface area contributed by atoms with Crippen LogP contribution in [0.25, 0.3) is 21.8 Å². The first-order valence-electron chi connectivity index (χ1n) is 8.97. The van der Waals surface area contributed by atoms with E-state index in [4.69, 9.17) is 23.2 Å². The van der Waals surface area contributed by atoms with Crippen LogP contribution in [-0.2, 0) is 9.59 Å². The van der Waals surface area contributed by atoms with Crippen molar-refractivity contribution in [3.05, 3.63) is 34.3 Å². The molecule has 1 aromatic heterocycles. The summed E-state index contributed by atoms with van der Waals surface area (Å²) < 4.78 is 0. The minimum atomic E-state index is -0.0748. The number of rotatable bonds is 6. The molecule has 0 spiro atoms. The molecule has 0 bridgehead atoms. The molecule has 0 atom stereocenters. The largest absolute Gasteiger partial charge is 0.351 e. The number of aromatic amines is 1. The molecule has 0 aliphatic carbocycles. The molecular weight excluding hydrogens is 385 g/mol. The third-order valence-electron chi connectivity index (χ3n) is 4.25. The molecule has 3 aromatic rings. The number of benzene rings is 2. The maximum Gasteiger partial charge on any atom is 0.224 e. The molecule has 0 radical (unpaired) electrons. The van der Waals surface area contributed by atoms with Gasteiger partial charge in [0.05, 0.1) is 22.4 Å². The van der Waals surface area contributed by atoms with Gasteiger partial charge in [-0.1, -0.05) is 37.0 Å². The summed E-state index contributed by atoms with van der Waals surface area (Å²) in [5.74, 6) is -0.150. The molecule has 2 aromatic carbocycles. The number of hydrogen-bond donors (Lipinski definition) is 3. The number of nitrogens with one attached hydrogen (secondary N) is 3.